The van der Waals surface area contributed by atoms with Crippen LogP contribution in [-0.4, -0.2) is 37.2 Å². The Bertz CT molecular complexity index is 1120. The van der Waals surface area contributed by atoms with Gasteiger partial charge in [0, 0.05) is 19.3 Å². The SMILES string of the molecule is CC/C=C\C/C=C\C/C=C\CCCCCCCC(=O)OC[C@@H](COC(=O)CCCCCCCCCCCCCCC)OC(=O)CCCCCCC/C=C\C/C=C\CCCCC. The molecule has 0 N–H and O–H groups in total. The summed E-state index contributed by atoms with van der Waals surface area (Å²) >= 11 is 0. The number of ether oxygens (including phenoxy) is 3. The second kappa shape index (κ2) is 49.8. The maximum atomic E-state index is 12.8. The summed E-state index contributed by atoms with van der Waals surface area (Å²) in [6.45, 7) is 6.48. The van der Waals surface area contributed by atoms with Gasteiger partial charge in [-0.15, -0.1) is 0 Å². The Morgan fingerprint density at radius 1 is 0.344 bits per heavy atom. The summed E-state index contributed by atoms with van der Waals surface area (Å²) in [6, 6.07) is 0. The Labute approximate surface area is 377 Å². The number of esters is 3. The molecule has 0 heterocycles. The summed E-state index contributed by atoms with van der Waals surface area (Å²) in [5.41, 5.74) is 0. The van der Waals surface area contributed by atoms with Gasteiger partial charge < -0.3 is 14.2 Å². The van der Waals surface area contributed by atoms with Crippen LogP contribution < -0.4 is 0 Å². The lowest BCUT2D eigenvalue weighted by Crippen LogP contribution is -2.30. The Morgan fingerprint density at radius 3 is 1.03 bits per heavy atom. The molecule has 0 radical (unpaired) electrons. The largest absolute Gasteiger partial charge is 0.462 e. The van der Waals surface area contributed by atoms with Crippen LogP contribution in [0.5, 0.6) is 0 Å². The average Bonchev–Trinajstić information content (AvgIpc) is 3.26. The van der Waals surface area contributed by atoms with Crippen molar-refractivity contribution in [2.45, 2.75) is 258 Å². The minimum atomic E-state index is -0.786. The van der Waals surface area contributed by atoms with E-state index in [0.29, 0.717) is 19.3 Å². The number of carbonyl (C=O) groups excluding carboxylic acids is 3. The van der Waals surface area contributed by atoms with Crippen molar-refractivity contribution in [2.75, 3.05) is 13.2 Å². The van der Waals surface area contributed by atoms with Crippen LogP contribution >= 0.6 is 0 Å². The zero-order chi connectivity index (χ0) is 44.4. The van der Waals surface area contributed by atoms with E-state index in [1.165, 1.54) is 89.9 Å². The first-order valence-corrected chi connectivity index (χ1v) is 25.8. The molecule has 0 rings (SSSR count). The van der Waals surface area contributed by atoms with Crippen LogP contribution in [0.1, 0.15) is 252 Å². The smallest absolute Gasteiger partial charge is 0.306 e. The van der Waals surface area contributed by atoms with Crippen molar-refractivity contribution in [3.8, 4) is 0 Å². The van der Waals surface area contributed by atoms with E-state index in [4.69, 9.17) is 14.2 Å². The molecule has 0 bridgehead atoms. The number of allylic oxidation sites excluding steroid dienone is 10. The van der Waals surface area contributed by atoms with E-state index in [1.54, 1.807) is 0 Å². The highest BCUT2D eigenvalue weighted by molar-refractivity contribution is 5.71. The van der Waals surface area contributed by atoms with Crippen molar-refractivity contribution in [3.05, 3.63) is 60.8 Å². The molecule has 0 fully saturated rings. The van der Waals surface area contributed by atoms with Gasteiger partial charge in [0.15, 0.2) is 6.10 Å². The molecule has 61 heavy (non-hydrogen) atoms. The summed E-state index contributed by atoms with van der Waals surface area (Å²) in [5, 5.41) is 0. The fourth-order valence-corrected chi connectivity index (χ4v) is 7.13. The first-order valence-electron chi connectivity index (χ1n) is 25.8. The van der Waals surface area contributed by atoms with Crippen molar-refractivity contribution in [1.82, 2.24) is 0 Å². The van der Waals surface area contributed by atoms with Crippen LogP contribution in [-0.2, 0) is 28.6 Å². The molecule has 0 saturated heterocycles. The van der Waals surface area contributed by atoms with Gasteiger partial charge in [0.1, 0.15) is 13.2 Å². The van der Waals surface area contributed by atoms with Crippen LogP contribution in [0, 0.1) is 0 Å². The molecule has 0 unspecified atom stereocenters. The van der Waals surface area contributed by atoms with Gasteiger partial charge in [-0.3, -0.25) is 14.4 Å². The van der Waals surface area contributed by atoms with E-state index in [9.17, 15) is 14.4 Å². The fourth-order valence-electron chi connectivity index (χ4n) is 7.13. The lowest BCUT2D eigenvalue weighted by atomic mass is 10.0. The van der Waals surface area contributed by atoms with Gasteiger partial charge in [-0.05, 0) is 83.5 Å². The van der Waals surface area contributed by atoms with Gasteiger partial charge in [0.2, 0.25) is 0 Å². The number of hydrogen-bond acceptors (Lipinski definition) is 6. The monoisotopic (exact) mass is 853 g/mol. The van der Waals surface area contributed by atoms with Gasteiger partial charge >= 0.3 is 17.9 Å². The van der Waals surface area contributed by atoms with Crippen LogP contribution in [0.2, 0.25) is 0 Å². The van der Waals surface area contributed by atoms with E-state index in [2.05, 4.69) is 81.5 Å². The van der Waals surface area contributed by atoms with Crippen molar-refractivity contribution in [2.24, 2.45) is 0 Å². The molecule has 6 heteroatoms. The quantitative estimate of drug-likeness (QED) is 0.0263. The molecule has 352 valence electrons. The second-order valence-corrected chi connectivity index (χ2v) is 17.1. The maximum Gasteiger partial charge on any atom is 0.306 e. The van der Waals surface area contributed by atoms with Gasteiger partial charge in [-0.1, -0.05) is 210 Å². The summed E-state index contributed by atoms with van der Waals surface area (Å²) in [5.74, 6) is -0.911. The van der Waals surface area contributed by atoms with Gasteiger partial charge in [-0.2, -0.15) is 0 Å². The van der Waals surface area contributed by atoms with E-state index < -0.39 is 6.10 Å². The topological polar surface area (TPSA) is 78.9 Å². The van der Waals surface area contributed by atoms with Crippen LogP contribution in [0.25, 0.3) is 0 Å². The van der Waals surface area contributed by atoms with Crippen molar-refractivity contribution in [3.63, 3.8) is 0 Å². The highest BCUT2D eigenvalue weighted by atomic mass is 16.6. The molecule has 0 aliphatic heterocycles. The Balaban J connectivity index is 4.42. The van der Waals surface area contributed by atoms with Crippen molar-refractivity contribution >= 4 is 17.9 Å². The molecule has 1 atom stereocenters. The zero-order valence-electron chi connectivity index (χ0n) is 40.2. The summed E-state index contributed by atoms with van der Waals surface area (Å²) < 4.78 is 16.8. The Kier molecular flexibility index (Phi) is 47.4. The molecule has 0 aromatic carbocycles. The van der Waals surface area contributed by atoms with E-state index in [0.717, 1.165) is 122 Å². The summed E-state index contributed by atoms with van der Waals surface area (Å²) in [4.78, 5) is 38.0. The predicted molar refractivity (Wildman–Crippen MR) is 261 cm³/mol. The summed E-state index contributed by atoms with van der Waals surface area (Å²) in [7, 11) is 0. The molecule has 0 aliphatic carbocycles. The van der Waals surface area contributed by atoms with Gasteiger partial charge in [-0.25, -0.2) is 0 Å². The van der Waals surface area contributed by atoms with Crippen LogP contribution in [0.15, 0.2) is 60.8 Å². The van der Waals surface area contributed by atoms with E-state index in [1.807, 2.05) is 0 Å². The van der Waals surface area contributed by atoms with E-state index >= 15 is 0 Å². The predicted octanol–water partition coefficient (Wildman–Crippen LogP) is 16.9. The molecule has 0 spiro atoms. The molecular weight excluding hydrogens is 757 g/mol. The second-order valence-electron chi connectivity index (χ2n) is 17.1. The first kappa shape index (κ1) is 58.1. The Morgan fingerprint density at radius 2 is 0.639 bits per heavy atom. The highest BCUT2D eigenvalue weighted by Gasteiger charge is 2.19. The lowest BCUT2D eigenvalue weighted by molar-refractivity contribution is -0.167. The number of carbonyl (C=O) groups is 3. The maximum absolute atomic E-state index is 12.8. The highest BCUT2D eigenvalue weighted by Crippen LogP contribution is 2.15. The molecule has 0 aliphatic rings. The molecule has 0 amide bonds. The minimum absolute atomic E-state index is 0.0838. The molecular formula is C55H96O6. The minimum Gasteiger partial charge on any atom is -0.462 e. The lowest BCUT2D eigenvalue weighted by Gasteiger charge is -2.18. The van der Waals surface area contributed by atoms with E-state index in [-0.39, 0.29) is 31.1 Å². The third kappa shape index (κ3) is 48.0. The standard InChI is InChI=1S/C55H96O6/c1-4-7-10-13-16-19-22-25-27-30-33-36-39-42-45-48-54(57)60-51-52(50-59-53(56)47-44-41-38-35-32-29-24-21-18-15-12-9-6-3)61-55(58)49-46-43-40-37-34-31-28-26-23-20-17-14-11-8-5-2/h7,10,16-17,19-20,25-28,52H,4-6,8-9,11-15,18,21-24,29-51H2,1-3H3/b10-7-,19-16-,20-17-,27-25-,28-26-/t52-/m1/s1. The Hall–Kier alpha value is -2.89. The number of hydrogen-bond donors (Lipinski definition) is 0. The van der Waals surface area contributed by atoms with Crippen LogP contribution in [0.3, 0.4) is 0 Å². The number of unbranched alkanes of at least 4 members (excludes halogenated alkanes) is 25. The van der Waals surface area contributed by atoms with Gasteiger partial charge in [0.25, 0.3) is 0 Å². The number of rotatable bonds is 46. The van der Waals surface area contributed by atoms with Crippen molar-refractivity contribution in [1.29, 1.82) is 0 Å². The van der Waals surface area contributed by atoms with Crippen LogP contribution in [0.4, 0.5) is 0 Å². The summed E-state index contributed by atoms with van der Waals surface area (Å²) in [6.07, 6.45) is 60.5. The van der Waals surface area contributed by atoms with Gasteiger partial charge in [0.05, 0.1) is 0 Å². The molecule has 0 saturated carbocycles. The molecule has 6 nitrogen and oxygen atoms in total. The third-order valence-corrected chi connectivity index (χ3v) is 11.0. The molecule has 0 aromatic rings. The third-order valence-electron chi connectivity index (χ3n) is 11.0. The first-order chi connectivity index (χ1) is 30.0. The van der Waals surface area contributed by atoms with Crippen molar-refractivity contribution < 1.29 is 28.6 Å². The zero-order valence-corrected chi connectivity index (χ0v) is 40.2. The fraction of sp³-hybridized carbons (Fsp3) is 0.764. The average molecular weight is 853 g/mol. The molecule has 0 aromatic heterocycles. The normalized spacial score (nSPS) is 12.5.